The molecule has 1 aromatic heterocycles. The average molecular weight is 434 g/mol. The van der Waals surface area contributed by atoms with Crippen LogP contribution in [0.1, 0.15) is 17.0 Å². The van der Waals surface area contributed by atoms with Crippen molar-refractivity contribution in [2.24, 2.45) is 0 Å². The Morgan fingerprint density at radius 2 is 2.00 bits per heavy atom. The fraction of sp³-hybridized carbons (Fsp3) is 0.0833. The minimum absolute atomic E-state index is 0.160. The first-order valence-corrected chi connectivity index (χ1v) is 9.77. The Hall–Kier alpha value is -3.82. The number of hydrogen-bond donors (Lipinski definition) is 1. The van der Waals surface area contributed by atoms with E-state index in [0.717, 1.165) is 16.6 Å². The standard InChI is InChI=1S/C24H17ClFN3O2/c1-30-23-11-15(6-9-22(23)31-14-16-7-8-18(26)12-19(16)25)10-17(13-27)24-28-20-4-2-3-5-21(20)29-24/h2-12H,14H2,1H3,(H,28,29). The first-order chi connectivity index (χ1) is 15.1. The number of allylic oxidation sites excluding steroid dienone is 1. The molecule has 1 N–H and O–H groups in total. The highest BCUT2D eigenvalue weighted by molar-refractivity contribution is 6.31. The van der Waals surface area contributed by atoms with Crippen LogP contribution >= 0.6 is 11.6 Å². The number of rotatable bonds is 6. The monoisotopic (exact) mass is 433 g/mol. The van der Waals surface area contributed by atoms with Gasteiger partial charge in [0.05, 0.1) is 28.7 Å². The molecule has 0 spiro atoms. The fourth-order valence-corrected chi connectivity index (χ4v) is 3.31. The van der Waals surface area contributed by atoms with E-state index in [1.165, 1.54) is 19.2 Å². The van der Waals surface area contributed by atoms with E-state index in [0.29, 0.717) is 33.5 Å². The minimum Gasteiger partial charge on any atom is -0.493 e. The summed E-state index contributed by atoms with van der Waals surface area (Å²) >= 11 is 6.06. The zero-order valence-electron chi connectivity index (χ0n) is 16.5. The van der Waals surface area contributed by atoms with Crippen LogP contribution in [-0.2, 0) is 6.61 Å². The smallest absolute Gasteiger partial charge is 0.161 e. The van der Waals surface area contributed by atoms with Gasteiger partial charge in [-0.3, -0.25) is 0 Å². The topological polar surface area (TPSA) is 70.9 Å². The third-order valence-electron chi connectivity index (χ3n) is 4.66. The lowest BCUT2D eigenvalue weighted by molar-refractivity contribution is 0.284. The number of halogens is 2. The van der Waals surface area contributed by atoms with Crippen LogP contribution in [0.5, 0.6) is 11.5 Å². The van der Waals surface area contributed by atoms with Crippen molar-refractivity contribution < 1.29 is 13.9 Å². The normalized spacial score (nSPS) is 11.4. The summed E-state index contributed by atoms with van der Waals surface area (Å²) in [6, 6.07) is 19.2. The van der Waals surface area contributed by atoms with Gasteiger partial charge in [0.1, 0.15) is 24.3 Å². The van der Waals surface area contributed by atoms with Gasteiger partial charge in [-0.05, 0) is 48.0 Å². The van der Waals surface area contributed by atoms with Crippen LogP contribution in [0.25, 0.3) is 22.7 Å². The second-order valence-corrected chi connectivity index (χ2v) is 7.11. The lowest BCUT2D eigenvalue weighted by Gasteiger charge is -2.12. The maximum absolute atomic E-state index is 13.2. The molecule has 0 atom stereocenters. The van der Waals surface area contributed by atoms with E-state index in [-0.39, 0.29) is 6.61 Å². The van der Waals surface area contributed by atoms with Crippen LogP contribution < -0.4 is 9.47 Å². The molecule has 31 heavy (non-hydrogen) atoms. The Morgan fingerprint density at radius 3 is 2.74 bits per heavy atom. The predicted octanol–water partition coefficient (Wildman–Crippen LogP) is 6.01. The molecule has 5 nitrogen and oxygen atoms in total. The maximum atomic E-state index is 13.2. The second-order valence-electron chi connectivity index (χ2n) is 6.71. The number of methoxy groups -OCH3 is 1. The van der Waals surface area contributed by atoms with Crippen molar-refractivity contribution in [3.8, 4) is 17.6 Å². The summed E-state index contributed by atoms with van der Waals surface area (Å²) in [5.41, 5.74) is 3.45. The summed E-state index contributed by atoms with van der Waals surface area (Å²) in [5, 5.41) is 9.92. The lowest BCUT2D eigenvalue weighted by Crippen LogP contribution is -1.99. The number of benzene rings is 3. The number of nitrogens with one attached hydrogen (secondary N) is 1. The van der Waals surface area contributed by atoms with Crippen molar-refractivity contribution in [2.45, 2.75) is 6.61 Å². The van der Waals surface area contributed by atoms with Crippen LogP contribution in [0.4, 0.5) is 4.39 Å². The summed E-state index contributed by atoms with van der Waals surface area (Å²) in [6.45, 7) is 0.160. The van der Waals surface area contributed by atoms with E-state index in [1.54, 1.807) is 24.3 Å². The minimum atomic E-state index is -0.403. The number of para-hydroxylation sites is 2. The highest BCUT2D eigenvalue weighted by Crippen LogP contribution is 2.31. The molecule has 0 bridgehead atoms. The molecule has 0 saturated carbocycles. The Labute approximate surface area is 183 Å². The Bertz CT molecular complexity index is 1290. The molecule has 0 saturated heterocycles. The summed E-state index contributed by atoms with van der Waals surface area (Å²) < 4.78 is 24.5. The molecule has 0 amide bonds. The third-order valence-corrected chi connectivity index (χ3v) is 5.01. The molecule has 0 aliphatic rings. The van der Waals surface area contributed by atoms with Gasteiger partial charge in [-0.15, -0.1) is 0 Å². The highest BCUT2D eigenvalue weighted by atomic mass is 35.5. The fourth-order valence-electron chi connectivity index (χ4n) is 3.09. The van der Waals surface area contributed by atoms with Gasteiger partial charge in [-0.1, -0.05) is 35.9 Å². The van der Waals surface area contributed by atoms with Crippen LogP contribution in [0.2, 0.25) is 5.02 Å². The summed E-state index contributed by atoms with van der Waals surface area (Å²) in [4.78, 5) is 7.63. The Morgan fingerprint density at radius 1 is 1.16 bits per heavy atom. The number of aromatic nitrogens is 2. The lowest BCUT2D eigenvalue weighted by atomic mass is 10.1. The number of H-pyrrole nitrogens is 1. The van der Waals surface area contributed by atoms with E-state index in [1.807, 2.05) is 30.3 Å². The predicted molar refractivity (Wildman–Crippen MR) is 118 cm³/mol. The van der Waals surface area contributed by atoms with Gasteiger partial charge in [0.25, 0.3) is 0 Å². The maximum Gasteiger partial charge on any atom is 0.161 e. The van der Waals surface area contributed by atoms with Crippen LogP contribution in [0.3, 0.4) is 0 Å². The van der Waals surface area contributed by atoms with Gasteiger partial charge in [0.2, 0.25) is 0 Å². The first-order valence-electron chi connectivity index (χ1n) is 9.39. The van der Waals surface area contributed by atoms with Crippen molar-refractivity contribution in [2.75, 3.05) is 7.11 Å². The number of nitrogens with zero attached hydrogens (tertiary/aromatic N) is 2. The zero-order chi connectivity index (χ0) is 21.8. The molecule has 7 heteroatoms. The summed E-state index contributed by atoms with van der Waals surface area (Å²) in [7, 11) is 1.53. The number of fused-ring (bicyclic) bond motifs is 1. The quantitative estimate of drug-likeness (QED) is 0.378. The van der Waals surface area contributed by atoms with Crippen LogP contribution in [0.15, 0.2) is 60.7 Å². The van der Waals surface area contributed by atoms with Crippen molar-refractivity contribution in [1.82, 2.24) is 9.97 Å². The number of ether oxygens (including phenoxy) is 2. The van der Waals surface area contributed by atoms with E-state index in [9.17, 15) is 9.65 Å². The summed E-state index contributed by atoms with van der Waals surface area (Å²) in [6.07, 6.45) is 1.72. The molecule has 154 valence electrons. The second kappa shape index (κ2) is 8.90. The molecule has 4 rings (SSSR count). The van der Waals surface area contributed by atoms with Gasteiger partial charge < -0.3 is 14.5 Å². The SMILES string of the molecule is COc1cc(C=C(C#N)c2nc3ccccc3[nH]2)ccc1OCc1ccc(F)cc1Cl. The van der Waals surface area contributed by atoms with Crippen molar-refractivity contribution in [3.63, 3.8) is 0 Å². The average Bonchev–Trinajstić information content (AvgIpc) is 3.21. The molecular formula is C24H17ClFN3O2. The molecule has 0 aliphatic heterocycles. The van der Waals surface area contributed by atoms with Crippen LogP contribution in [0, 0.1) is 17.1 Å². The molecule has 0 unspecified atom stereocenters. The van der Waals surface area contributed by atoms with Gasteiger partial charge in [-0.2, -0.15) is 5.26 Å². The van der Waals surface area contributed by atoms with E-state index in [2.05, 4.69) is 16.0 Å². The van der Waals surface area contributed by atoms with Gasteiger partial charge >= 0.3 is 0 Å². The molecule has 0 radical (unpaired) electrons. The number of aromatic amines is 1. The Kier molecular flexibility index (Phi) is 5.87. The number of nitriles is 1. The van der Waals surface area contributed by atoms with Crippen molar-refractivity contribution >= 4 is 34.3 Å². The van der Waals surface area contributed by atoms with Gasteiger partial charge in [0, 0.05) is 5.56 Å². The molecular weight excluding hydrogens is 417 g/mol. The van der Waals surface area contributed by atoms with Gasteiger partial charge in [-0.25, -0.2) is 9.37 Å². The number of hydrogen-bond acceptors (Lipinski definition) is 4. The highest BCUT2D eigenvalue weighted by Gasteiger charge is 2.11. The third kappa shape index (κ3) is 4.52. The van der Waals surface area contributed by atoms with Gasteiger partial charge in [0.15, 0.2) is 11.5 Å². The zero-order valence-corrected chi connectivity index (χ0v) is 17.3. The van der Waals surface area contributed by atoms with Crippen LogP contribution in [-0.4, -0.2) is 17.1 Å². The molecule has 3 aromatic carbocycles. The molecule has 1 heterocycles. The number of imidazole rings is 1. The first kappa shape index (κ1) is 20.5. The van der Waals surface area contributed by atoms with E-state index in [4.69, 9.17) is 21.1 Å². The molecule has 0 aliphatic carbocycles. The Balaban J connectivity index is 1.58. The van der Waals surface area contributed by atoms with Crippen molar-refractivity contribution in [3.05, 3.63) is 88.5 Å². The largest absolute Gasteiger partial charge is 0.493 e. The molecule has 4 aromatic rings. The van der Waals surface area contributed by atoms with Crippen molar-refractivity contribution in [1.29, 1.82) is 5.26 Å². The molecule has 0 fully saturated rings. The van der Waals surface area contributed by atoms with E-state index < -0.39 is 5.82 Å². The summed E-state index contributed by atoms with van der Waals surface area (Å²) in [5.74, 6) is 1.09. The van der Waals surface area contributed by atoms with E-state index >= 15 is 0 Å².